The summed E-state index contributed by atoms with van der Waals surface area (Å²) in [6, 6.07) is 3.28. The average Bonchev–Trinajstić information content (AvgIpc) is 3.01. The van der Waals surface area contributed by atoms with Crippen molar-refractivity contribution < 1.29 is 23.5 Å². The molecule has 0 spiro atoms. The number of carbonyl (C=O) groups is 2. The minimum absolute atomic E-state index is 0.0204. The van der Waals surface area contributed by atoms with Crippen LogP contribution in [0.4, 0.5) is 8.78 Å². The molecule has 132 valence electrons. The molecule has 0 radical (unpaired) electrons. The Morgan fingerprint density at radius 1 is 1.29 bits per heavy atom. The number of carboxylic acids is 1. The standard InChI is InChI=1S/C18H23F2NO3/c1-2-5-12(16(22)23)11-21-17(24)18(8-3-4-9-18)14-7-6-13(19)10-15(14)20/h6-7,10,12H,2-5,8-9,11H2,1H3,(H,21,24)(H,22,23). The second kappa shape index (κ2) is 7.73. The van der Waals surface area contributed by atoms with Crippen molar-refractivity contribution in [2.75, 3.05) is 6.54 Å². The zero-order valence-electron chi connectivity index (χ0n) is 13.8. The van der Waals surface area contributed by atoms with E-state index in [9.17, 15) is 23.5 Å². The summed E-state index contributed by atoms with van der Waals surface area (Å²) in [4.78, 5) is 24.0. The van der Waals surface area contributed by atoms with E-state index < -0.39 is 28.9 Å². The molecule has 0 bridgehead atoms. The Bertz CT molecular complexity index is 612. The fourth-order valence-corrected chi connectivity index (χ4v) is 3.52. The number of benzene rings is 1. The maximum atomic E-state index is 14.2. The van der Waals surface area contributed by atoms with Crippen molar-refractivity contribution in [2.45, 2.75) is 50.9 Å². The fourth-order valence-electron chi connectivity index (χ4n) is 3.52. The molecule has 1 aromatic rings. The van der Waals surface area contributed by atoms with Crippen molar-refractivity contribution in [3.63, 3.8) is 0 Å². The molecule has 4 nitrogen and oxygen atoms in total. The van der Waals surface area contributed by atoms with E-state index in [4.69, 9.17) is 0 Å². The van der Waals surface area contributed by atoms with E-state index in [0.29, 0.717) is 25.7 Å². The van der Waals surface area contributed by atoms with Gasteiger partial charge in [0.1, 0.15) is 11.6 Å². The number of rotatable bonds is 7. The van der Waals surface area contributed by atoms with E-state index in [0.717, 1.165) is 25.0 Å². The molecular formula is C18H23F2NO3. The van der Waals surface area contributed by atoms with Gasteiger partial charge in [0.25, 0.3) is 0 Å². The van der Waals surface area contributed by atoms with Gasteiger partial charge in [-0.05, 0) is 25.3 Å². The number of amides is 1. The van der Waals surface area contributed by atoms with Crippen LogP contribution in [0.2, 0.25) is 0 Å². The van der Waals surface area contributed by atoms with Gasteiger partial charge in [0.2, 0.25) is 5.91 Å². The number of hydrogen-bond acceptors (Lipinski definition) is 2. The van der Waals surface area contributed by atoms with Crippen LogP contribution in [0.25, 0.3) is 0 Å². The van der Waals surface area contributed by atoms with E-state index in [-0.39, 0.29) is 18.0 Å². The first-order chi connectivity index (χ1) is 11.4. The molecule has 1 aliphatic rings. The quantitative estimate of drug-likeness (QED) is 0.800. The Morgan fingerprint density at radius 2 is 1.96 bits per heavy atom. The van der Waals surface area contributed by atoms with Crippen molar-refractivity contribution in [1.82, 2.24) is 5.32 Å². The largest absolute Gasteiger partial charge is 0.481 e. The van der Waals surface area contributed by atoms with Crippen LogP contribution in [0, 0.1) is 17.6 Å². The molecule has 1 fully saturated rings. The molecule has 1 aromatic carbocycles. The summed E-state index contributed by atoms with van der Waals surface area (Å²) in [5, 5.41) is 11.9. The first-order valence-corrected chi connectivity index (χ1v) is 8.37. The predicted molar refractivity (Wildman–Crippen MR) is 85.5 cm³/mol. The number of hydrogen-bond donors (Lipinski definition) is 2. The Kier molecular flexibility index (Phi) is 5.91. The Hall–Kier alpha value is -1.98. The van der Waals surface area contributed by atoms with Gasteiger partial charge in [-0.2, -0.15) is 0 Å². The lowest BCUT2D eigenvalue weighted by Crippen LogP contribution is -2.45. The zero-order chi connectivity index (χ0) is 17.7. The van der Waals surface area contributed by atoms with Crippen LogP contribution in [0.3, 0.4) is 0 Å². The van der Waals surface area contributed by atoms with Crippen LogP contribution in [-0.2, 0) is 15.0 Å². The van der Waals surface area contributed by atoms with E-state index in [2.05, 4.69) is 5.32 Å². The Morgan fingerprint density at radius 3 is 2.50 bits per heavy atom. The summed E-state index contributed by atoms with van der Waals surface area (Å²) in [5.41, 5.74) is -0.839. The molecule has 2 N–H and O–H groups in total. The highest BCUT2D eigenvalue weighted by atomic mass is 19.1. The van der Waals surface area contributed by atoms with Gasteiger partial charge in [-0.25, -0.2) is 8.78 Å². The van der Waals surface area contributed by atoms with Gasteiger partial charge in [-0.1, -0.05) is 32.3 Å². The molecule has 0 aromatic heterocycles. The third-order valence-corrected chi connectivity index (χ3v) is 4.83. The fraction of sp³-hybridized carbons (Fsp3) is 0.556. The van der Waals surface area contributed by atoms with Crippen molar-refractivity contribution in [3.8, 4) is 0 Å². The minimum Gasteiger partial charge on any atom is -0.481 e. The van der Waals surface area contributed by atoms with Crippen LogP contribution in [0.1, 0.15) is 51.0 Å². The predicted octanol–water partition coefficient (Wildman–Crippen LogP) is 3.39. The van der Waals surface area contributed by atoms with Gasteiger partial charge in [0.05, 0.1) is 11.3 Å². The average molecular weight is 339 g/mol. The summed E-state index contributed by atoms with van der Waals surface area (Å²) in [7, 11) is 0. The number of halogens is 2. The number of carbonyl (C=O) groups excluding carboxylic acids is 1. The van der Waals surface area contributed by atoms with E-state index in [1.165, 1.54) is 6.07 Å². The monoisotopic (exact) mass is 339 g/mol. The van der Waals surface area contributed by atoms with E-state index in [1.807, 2.05) is 6.92 Å². The second-order valence-corrected chi connectivity index (χ2v) is 6.45. The van der Waals surface area contributed by atoms with Crippen molar-refractivity contribution >= 4 is 11.9 Å². The smallest absolute Gasteiger partial charge is 0.308 e. The normalized spacial score (nSPS) is 17.5. The van der Waals surface area contributed by atoms with Gasteiger partial charge in [0.15, 0.2) is 0 Å². The third kappa shape index (κ3) is 3.74. The van der Waals surface area contributed by atoms with Crippen molar-refractivity contribution in [3.05, 3.63) is 35.4 Å². The Balaban J connectivity index is 2.20. The highest BCUT2D eigenvalue weighted by molar-refractivity contribution is 5.89. The molecule has 0 saturated heterocycles. The molecule has 1 aliphatic carbocycles. The van der Waals surface area contributed by atoms with E-state index >= 15 is 0 Å². The first kappa shape index (κ1) is 18.4. The maximum absolute atomic E-state index is 14.2. The van der Waals surface area contributed by atoms with Gasteiger partial charge >= 0.3 is 5.97 Å². The van der Waals surface area contributed by atoms with Crippen LogP contribution in [0.15, 0.2) is 18.2 Å². The summed E-state index contributed by atoms with van der Waals surface area (Å²) in [5.74, 6) is -3.39. The van der Waals surface area contributed by atoms with Crippen LogP contribution in [-0.4, -0.2) is 23.5 Å². The summed E-state index contributed by atoms with van der Waals surface area (Å²) in [6.07, 6.45) is 3.68. The Labute approximate surface area is 140 Å². The topological polar surface area (TPSA) is 66.4 Å². The van der Waals surface area contributed by atoms with Crippen LogP contribution >= 0.6 is 0 Å². The molecule has 1 saturated carbocycles. The van der Waals surface area contributed by atoms with Gasteiger partial charge in [0, 0.05) is 18.2 Å². The maximum Gasteiger partial charge on any atom is 0.308 e. The molecule has 2 rings (SSSR count). The first-order valence-electron chi connectivity index (χ1n) is 8.37. The van der Waals surface area contributed by atoms with Gasteiger partial charge in [-0.3, -0.25) is 9.59 Å². The molecule has 6 heteroatoms. The molecule has 0 heterocycles. The lowest BCUT2D eigenvalue weighted by atomic mass is 9.77. The molecule has 0 aliphatic heterocycles. The highest BCUT2D eigenvalue weighted by Gasteiger charge is 2.44. The summed E-state index contributed by atoms with van der Waals surface area (Å²) in [6.45, 7) is 1.90. The lowest BCUT2D eigenvalue weighted by molar-refractivity contribution is -0.142. The molecule has 24 heavy (non-hydrogen) atoms. The third-order valence-electron chi connectivity index (χ3n) is 4.83. The number of aliphatic carboxylic acids is 1. The number of nitrogens with one attached hydrogen (secondary N) is 1. The van der Waals surface area contributed by atoms with Crippen LogP contribution < -0.4 is 5.32 Å². The SMILES string of the molecule is CCCC(CNC(=O)C1(c2ccc(F)cc2F)CCCC1)C(=O)O. The second-order valence-electron chi connectivity index (χ2n) is 6.45. The minimum atomic E-state index is -1.03. The number of carboxylic acid groups (broad SMARTS) is 1. The van der Waals surface area contributed by atoms with Crippen LogP contribution in [0.5, 0.6) is 0 Å². The van der Waals surface area contributed by atoms with Crippen molar-refractivity contribution in [1.29, 1.82) is 0 Å². The van der Waals surface area contributed by atoms with E-state index in [1.54, 1.807) is 0 Å². The lowest BCUT2D eigenvalue weighted by Gasteiger charge is -2.29. The van der Waals surface area contributed by atoms with Gasteiger partial charge < -0.3 is 10.4 Å². The molecular weight excluding hydrogens is 316 g/mol. The highest BCUT2D eigenvalue weighted by Crippen LogP contribution is 2.42. The summed E-state index contributed by atoms with van der Waals surface area (Å²) >= 11 is 0. The molecule has 1 amide bonds. The van der Waals surface area contributed by atoms with Crippen molar-refractivity contribution in [2.24, 2.45) is 5.92 Å². The molecule has 1 unspecified atom stereocenters. The molecule has 1 atom stereocenters. The summed E-state index contributed by atoms with van der Waals surface area (Å²) < 4.78 is 27.4. The van der Waals surface area contributed by atoms with Gasteiger partial charge in [-0.15, -0.1) is 0 Å². The zero-order valence-corrected chi connectivity index (χ0v) is 13.8.